The molecule has 2 N–H and O–H groups in total. The van der Waals surface area contributed by atoms with Crippen LogP contribution in [-0.2, 0) is 11.2 Å². The number of rotatable bonds is 5. The van der Waals surface area contributed by atoms with Crippen molar-refractivity contribution in [3.05, 3.63) is 29.3 Å². The van der Waals surface area contributed by atoms with E-state index >= 15 is 0 Å². The molecule has 2 unspecified atom stereocenters. The van der Waals surface area contributed by atoms with Crippen molar-refractivity contribution in [1.82, 2.24) is 10.6 Å². The molecule has 0 aromatic heterocycles. The fraction of sp³-hybridized carbons (Fsp3) is 0.588. The van der Waals surface area contributed by atoms with Gasteiger partial charge in [0.15, 0.2) is 6.10 Å². The molecule has 4 heteroatoms. The van der Waals surface area contributed by atoms with Gasteiger partial charge in [0.2, 0.25) is 0 Å². The van der Waals surface area contributed by atoms with Gasteiger partial charge in [0.05, 0.1) is 0 Å². The van der Waals surface area contributed by atoms with Gasteiger partial charge < -0.3 is 15.4 Å². The van der Waals surface area contributed by atoms with Gasteiger partial charge in [-0.3, -0.25) is 4.79 Å². The van der Waals surface area contributed by atoms with E-state index in [1.54, 1.807) is 6.92 Å². The van der Waals surface area contributed by atoms with Crippen molar-refractivity contribution in [3.63, 3.8) is 0 Å². The molecule has 1 aromatic rings. The second kappa shape index (κ2) is 6.94. The van der Waals surface area contributed by atoms with E-state index in [-0.39, 0.29) is 11.9 Å². The van der Waals surface area contributed by atoms with E-state index in [1.807, 2.05) is 27.0 Å². The molecule has 4 nitrogen and oxygen atoms in total. The predicted molar refractivity (Wildman–Crippen MR) is 84.5 cm³/mol. The van der Waals surface area contributed by atoms with E-state index in [0.29, 0.717) is 6.04 Å². The number of aryl methyl sites for hydroxylation is 1. The van der Waals surface area contributed by atoms with Crippen LogP contribution in [0.1, 0.15) is 50.8 Å². The Balaban J connectivity index is 2.07. The first kappa shape index (κ1) is 15.8. The van der Waals surface area contributed by atoms with Gasteiger partial charge in [0.1, 0.15) is 5.75 Å². The Morgan fingerprint density at radius 2 is 2.10 bits per heavy atom. The molecular weight excluding hydrogens is 264 g/mol. The zero-order chi connectivity index (χ0) is 15.4. The molecule has 1 aliphatic carbocycles. The molecule has 116 valence electrons. The molecule has 0 radical (unpaired) electrons. The summed E-state index contributed by atoms with van der Waals surface area (Å²) in [5.41, 5.74) is 2.69. The number of nitrogens with one attached hydrogen (secondary N) is 2. The Morgan fingerprint density at radius 3 is 2.76 bits per heavy atom. The van der Waals surface area contributed by atoms with Crippen LogP contribution in [0.25, 0.3) is 0 Å². The highest BCUT2D eigenvalue weighted by atomic mass is 16.5. The topological polar surface area (TPSA) is 50.4 Å². The van der Waals surface area contributed by atoms with Crippen molar-refractivity contribution in [2.24, 2.45) is 0 Å². The minimum atomic E-state index is -0.478. The zero-order valence-electron chi connectivity index (χ0n) is 13.4. The van der Waals surface area contributed by atoms with E-state index in [0.717, 1.165) is 12.2 Å². The third kappa shape index (κ3) is 3.97. The summed E-state index contributed by atoms with van der Waals surface area (Å²) in [5.74, 6) is 0.702. The molecule has 1 aromatic carbocycles. The van der Waals surface area contributed by atoms with Crippen LogP contribution in [0, 0.1) is 0 Å². The Morgan fingerprint density at radius 1 is 1.33 bits per heavy atom. The fourth-order valence-corrected chi connectivity index (χ4v) is 2.82. The number of ether oxygens (including phenoxy) is 1. The Kier molecular flexibility index (Phi) is 5.23. The van der Waals surface area contributed by atoms with Crippen LogP contribution in [0.15, 0.2) is 18.2 Å². The summed E-state index contributed by atoms with van der Waals surface area (Å²) in [7, 11) is 2.00. The standard InChI is InChI=1S/C17H26N2O2/c1-11(2)19-17(20)12(3)21-14-8-9-15-13(10-14)6-5-7-16(15)18-4/h8-12,16,18H,5-7H2,1-4H3,(H,19,20). The summed E-state index contributed by atoms with van der Waals surface area (Å²) in [6.45, 7) is 5.68. The van der Waals surface area contributed by atoms with Crippen LogP contribution in [0.3, 0.4) is 0 Å². The van der Waals surface area contributed by atoms with Gasteiger partial charge in [-0.15, -0.1) is 0 Å². The van der Waals surface area contributed by atoms with Crippen molar-refractivity contribution in [3.8, 4) is 5.75 Å². The van der Waals surface area contributed by atoms with Crippen LogP contribution < -0.4 is 15.4 Å². The summed E-state index contributed by atoms with van der Waals surface area (Å²) in [6.07, 6.45) is 2.97. The SMILES string of the molecule is CNC1CCCc2cc(OC(C)C(=O)NC(C)C)ccc21. The largest absolute Gasteiger partial charge is 0.481 e. The quantitative estimate of drug-likeness (QED) is 0.876. The summed E-state index contributed by atoms with van der Waals surface area (Å²) in [4.78, 5) is 11.9. The van der Waals surface area contributed by atoms with Gasteiger partial charge in [-0.1, -0.05) is 6.07 Å². The van der Waals surface area contributed by atoms with Crippen molar-refractivity contribution >= 4 is 5.91 Å². The summed E-state index contributed by atoms with van der Waals surface area (Å²) in [5, 5.41) is 6.22. The molecule has 2 rings (SSSR count). The predicted octanol–water partition coefficient (Wildman–Crippen LogP) is 2.58. The van der Waals surface area contributed by atoms with E-state index < -0.39 is 6.10 Å². The highest BCUT2D eigenvalue weighted by Crippen LogP contribution is 2.32. The van der Waals surface area contributed by atoms with E-state index in [2.05, 4.69) is 22.8 Å². The van der Waals surface area contributed by atoms with Gasteiger partial charge in [0, 0.05) is 12.1 Å². The molecular formula is C17H26N2O2. The molecule has 0 saturated carbocycles. The first-order valence-electron chi connectivity index (χ1n) is 7.78. The number of carbonyl (C=O) groups excluding carboxylic acids is 1. The number of carbonyl (C=O) groups is 1. The number of hydrogen-bond donors (Lipinski definition) is 2. The Hall–Kier alpha value is -1.55. The minimum absolute atomic E-state index is 0.0733. The monoisotopic (exact) mass is 290 g/mol. The highest BCUT2D eigenvalue weighted by Gasteiger charge is 2.20. The maximum absolute atomic E-state index is 11.9. The smallest absolute Gasteiger partial charge is 0.260 e. The number of hydrogen-bond acceptors (Lipinski definition) is 3. The first-order valence-corrected chi connectivity index (χ1v) is 7.78. The lowest BCUT2D eigenvalue weighted by molar-refractivity contribution is -0.127. The van der Waals surface area contributed by atoms with Crippen LogP contribution in [0.4, 0.5) is 0 Å². The third-order valence-corrected chi connectivity index (χ3v) is 3.89. The number of fused-ring (bicyclic) bond motifs is 1. The van der Waals surface area contributed by atoms with E-state index in [9.17, 15) is 4.79 Å². The van der Waals surface area contributed by atoms with Gasteiger partial charge in [-0.05, 0) is 70.3 Å². The molecule has 0 aliphatic heterocycles. The Labute approximate surface area is 127 Å². The van der Waals surface area contributed by atoms with E-state index in [4.69, 9.17) is 4.74 Å². The normalized spacial score (nSPS) is 19.0. The lowest BCUT2D eigenvalue weighted by atomic mass is 9.87. The zero-order valence-corrected chi connectivity index (χ0v) is 13.4. The molecule has 0 bridgehead atoms. The lowest BCUT2D eigenvalue weighted by Gasteiger charge is -2.26. The van der Waals surface area contributed by atoms with Crippen LogP contribution in [-0.4, -0.2) is 25.1 Å². The molecule has 1 aliphatic rings. The summed E-state index contributed by atoms with van der Waals surface area (Å²) < 4.78 is 5.78. The molecule has 0 heterocycles. The van der Waals surface area contributed by atoms with Crippen LogP contribution >= 0.6 is 0 Å². The van der Waals surface area contributed by atoms with E-state index in [1.165, 1.54) is 24.0 Å². The fourth-order valence-electron chi connectivity index (χ4n) is 2.82. The highest BCUT2D eigenvalue weighted by molar-refractivity contribution is 5.80. The average Bonchev–Trinajstić information content (AvgIpc) is 2.45. The molecule has 0 fully saturated rings. The lowest BCUT2D eigenvalue weighted by Crippen LogP contribution is -2.40. The maximum atomic E-state index is 11.9. The first-order chi connectivity index (χ1) is 10.0. The van der Waals surface area contributed by atoms with Crippen LogP contribution in [0.2, 0.25) is 0 Å². The van der Waals surface area contributed by atoms with Gasteiger partial charge in [-0.2, -0.15) is 0 Å². The van der Waals surface area contributed by atoms with Crippen molar-refractivity contribution in [2.45, 2.75) is 58.2 Å². The van der Waals surface area contributed by atoms with Crippen molar-refractivity contribution < 1.29 is 9.53 Å². The molecule has 2 atom stereocenters. The molecule has 0 spiro atoms. The van der Waals surface area contributed by atoms with Gasteiger partial charge in [-0.25, -0.2) is 0 Å². The molecule has 21 heavy (non-hydrogen) atoms. The third-order valence-electron chi connectivity index (χ3n) is 3.89. The second-order valence-corrected chi connectivity index (χ2v) is 6.02. The summed E-state index contributed by atoms with van der Waals surface area (Å²) in [6, 6.07) is 6.73. The minimum Gasteiger partial charge on any atom is -0.481 e. The molecule has 1 amide bonds. The number of amides is 1. The number of benzene rings is 1. The maximum Gasteiger partial charge on any atom is 0.260 e. The second-order valence-electron chi connectivity index (χ2n) is 6.02. The van der Waals surface area contributed by atoms with Crippen LogP contribution in [0.5, 0.6) is 5.75 Å². The van der Waals surface area contributed by atoms with Gasteiger partial charge >= 0.3 is 0 Å². The summed E-state index contributed by atoms with van der Waals surface area (Å²) >= 11 is 0. The van der Waals surface area contributed by atoms with Gasteiger partial charge in [0.25, 0.3) is 5.91 Å². The molecule has 0 saturated heterocycles. The van der Waals surface area contributed by atoms with Crippen molar-refractivity contribution in [2.75, 3.05) is 7.05 Å². The Bertz CT molecular complexity index is 500. The van der Waals surface area contributed by atoms with Crippen molar-refractivity contribution in [1.29, 1.82) is 0 Å². The average molecular weight is 290 g/mol.